The van der Waals surface area contributed by atoms with Crippen LogP contribution in [0.15, 0.2) is 47.4 Å². The van der Waals surface area contributed by atoms with Crippen LogP contribution in [0.25, 0.3) is 0 Å². The van der Waals surface area contributed by atoms with Crippen molar-refractivity contribution in [1.29, 1.82) is 0 Å². The van der Waals surface area contributed by atoms with Crippen molar-refractivity contribution in [2.24, 2.45) is 0 Å². The molecule has 0 aliphatic rings. The summed E-state index contributed by atoms with van der Waals surface area (Å²) in [6.07, 6.45) is 0.0357. The van der Waals surface area contributed by atoms with E-state index in [0.29, 0.717) is 17.2 Å². The lowest BCUT2D eigenvalue weighted by molar-refractivity contribution is 0.240. The van der Waals surface area contributed by atoms with Crippen LogP contribution in [0.4, 0.5) is 5.69 Å². The fourth-order valence-corrected chi connectivity index (χ4v) is 3.19. The molecule has 0 aromatic heterocycles. The minimum absolute atomic E-state index is 0.0357. The standard InChI is InChI=1S/C17H21NO4S/c1-12(2)22-17-10-9-16(11-13(17)3)23(19,20)18-14-5-7-15(21-4)8-6-14/h5-12,18H,1-4H3. The average molecular weight is 335 g/mol. The lowest BCUT2D eigenvalue weighted by Gasteiger charge is -2.14. The van der Waals surface area contributed by atoms with Crippen molar-refractivity contribution in [1.82, 2.24) is 0 Å². The summed E-state index contributed by atoms with van der Waals surface area (Å²) < 4.78 is 38.1. The van der Waals surface area contributed by atoms with Gasteiger partial charge in [0.15, 0.2) is 0 Å². The molecule has 0 aliphatic heterocycles. The van der Waals surface area contributed by atoms with Crippen molar-refractivity contribution in [2.75, 3.05) is 11.8 Å². The molecule has 23 heavy (non-hydrogen) atoms. The van der Waals surface area contributed by atoms with Gasteiger partial charge in [0.25, 0.3) is 10.0 Å². The summed E-state index contributed by atoms with van der Waals surface area (Å²) >= 11 is 0. The number of aryl methyl sites for hydroxylation is 1. The van der Waals surface area contributed by atoms with Crippen LogP contribution in [0.1, 0.15) is 19.4 Å². The molecule has 2 rings (SSSR count). The number of hydrogen-bond donors (Lipinski definition) is 1. The molecular weight excluding hydrogens is 314 g/mol. The minimum atomic E-state index is -3.65. The van der Waals surface area contributed by atoms with E-state index in [-0.39, 0.29) is 11.0 Å². The van der Waals surface area contributed by atoms with Crippen LogP contribution in [0.3, 0.4) is 0 Å². The van der Waals surface area contributed by atoms with Gasteiger partial charge in [0.2, 0.25) is 0 Å². The minimum Gasteiger partial charge on any atom is -0.497 e. The van der Waals surface area contributed by atoms with E-state index in [2.05, 4.69) is 4.72 Å². The molecule has 2 aromatic carbocycles. The third-order valence-corrected chi connectivity index (χ3v) is 4.54. The quantitative estimate of drug-likeness (QED) is 0.876. The molecule has 0 atom stereocenters. The maximum absolute atomic E-state index is 12.5. The summed E-state index contributed by atoms with van der Waals surface area (Å²) in [4.78, 5) is 0.196. The number of ether oxygens (including phenoxy) is 2. The third-order valence-electron chi connectivity index (χ3n) is 3.16. The summed E-state index contributed by atoms with van der Waals surface area (Å²) in [5.41, 5.74) is 1.25. The van der Waals surface area contributed by atoms with E-state index < -0.39 is 10.0 Å². The van der Waals surface area contributed by atoms with E-state index in [0.717, 1.165) is 5.56 Å². The Labute approximate surface area is 137 Å². The molecule has 0 spiro atoms. The molecule has 0 heterocycles. The second-order valence-corrected chi connectivity index (χ2v) is 7.11. The van der Waals surface area contributed by atoms with Gasteiger partial charge in [0, 0.05) is 5.69 Å². The molecule has 5 nitrogen and oxygen atoms in total. The monoisotopic (exact) mass is 335 g/mol. The summed E-state index contributed by atoms with van der Waals surface area (Å²) in [7, 11) is -2.09. The summed E-state index contributed by atoms with van der Waals surface area (Å²) in [5, 5.41) is 0. The molecule has 0 saturated carbocycles. The van der Waals surface area contributed by atoms with E-state index in [9.17, 15) is 8.42 Å². The zero-order chi connectivity index (χ0) is 17.0. The van der Waals surface area contributed by atoms with E-state index in [1.807, 2.05) is 20.8 Å². The van der Waals surface area contributed by atoms with Gasteiger partial charge in [0.05, 0.1) is 18.1 Å². The first kappa shape index (κ1) is 17.1. The number of benzene rings is 2. The van der Waals surface area contributed by atoms with Crippen LogP contribution in [0.5, 0.6) is 11.5 Å². The molecule has 0 radical (unpaired) electrons. The van der Waals surface area contributed by atoms with Gasteiger partial charge in [0.1, 0.15) is 11.5 Å². The van der Waals surface area contributed by atoms with Gasteiger partial charge in [-0.1, -0.05) is 0 Å². The van der Waals surface area contributed by atoms with Crippen LogP contribution in [0, 0.1) is 6.92 Å². The Morgan fingerprint density at radius 1 is 1.04 bits per heavy atom. The first-order valence-electron chi connectivity index (χ1n) is 7.26. The Kier molecular flexibility index (Phi) is 5.15. The van der Waals surface area contributed by atoms with Crippen LogP contribution < -0.4 is 14.2 Å². The van der Waals surface area contributed by atoms with E-state index in [1.165, 1.54) is 6.07 Å². The lowest BCUT2D eigenvalue weighted by atomic mass is 10.2. The Morgan fingerprint density at radius 3 is 2.22 bits per heavy atom. The van der Waals surface area contributed by atoms with Crippen molar-refractivity contribution >= 4 is 15.7 Å². The number of hydrogen-bond acceptors (Lipinski definition) is 4. The highest BCUT2D eigenvalue weighted by molar-refractivity contribution is 7.92. The highest BCUT2D eigenvalue weighted by Crippen LogP contribution is 2.25. The third kappa shape index (κ3) is 4.39. The Balaban J connectivity index is 2.23. The second kappa shape index (κ2) is 6.91. The first-order chi connectivity index (χ1) is 10.8. The van der Waals surface area contributed by atoms with E-state index in [4.69, 9.17) is 9.47 Å². The molecule has 0 amide bonds. The molecule has 0 aliphatic carbocycles. The Morgan fingerprint density at radius 2 is 1.70 bits per heavy atom. The lowest BCUT2D eigenvalue weighted by Crippen LogP contribution is -2.13. The molecule has 0 unspecified atom stereocenters. The van der Waals surface area contributed by atoms with Gasteiger partial charge in [-0.25, -0.2) is 8.42 Å². The number of methoxy groups -OCH3 is 1. The molecule has 1 N–H and O–H groups in total. The maximum atomic E-state index is 12.5. The smallest absolute Gasteiger partial charge is 0.261 e. The highest BCUT2D eigenvalue weighted by atomic mass is 32.2. The van der Waals surface area contributed by atoms with Crippen molar-refractivity contribution in [3.05, 3.63) is 48.0 Å². The van der Waals surface area contributed by atoms with E-state index in [1.54, 1.807) is 43.5 Å². The predicted octanol–water partition coefficient (Wildman–Crippen LogP) is 3.59. The van der Waals surface area contributed by atoms with Crippen LogP contribution in [-0.4, -0.2) is 21.6 Å². The van der Waals surface area contributed by atoms with Gasteiger partial charge >= 0.3 is 0 Å². The van der Waals surface area contributed by atoms with Crippen molar-refractivity contribution in [3.63, 3.8) is 0 Å². The topological polar surface area (TPSA) is 64.6 Å². The van der Waals surface area contributed by atoms with Crippen molar-refractivity contribution in [2.45, 2.75) is 31.8 Å². The second-order valence-electron chi connectivity index (χ2n) is 5.43. The molecule has 0 saturated heterocycles. The zero-order valence-corrected chi connectivity index (χ0v) is 14.5. The summed E-state index contributed by atoms with van der Waals surface area (Å²) in [5.74, 6) is 1.35. The zero-order valence-electron chi connectivity index (χ0n) is 13.7. The molecule has 124 valence electrons. The van der Waals surface area contributed by atoms with Crippen LogP contribution in [0.2, 0.25) is 0 Å². The average Bonchev–Trinajstić information content (AvgIpc) is 2.49. The molecule has 6 heteroatoms. The number of anilines is 1. The predicted molar refractivity (Wildman–Crippen MR) is 90.7 cm³/mol. The van der Waals surface area contributed by atoms with Crippen molar-refractivity contribution in [3.8, 4) is 11.5 Å². The van der Waals surface area contributed by atoms with Gasteiger partial charge in [-0.3, -0.25) is 4.72 Å². The maximum Gasteiger partial charge on any atom is 0.261 e. The number of nitrogens with one attached hydrogen (secondary N) is 1. The van der Waals surface area contributed by atoms with Crippen LogP contribution in [-0.2, 0) is 10.0 Å². The molecular formula is C17H21NO4S. The Hall–Kier alpha value is -2.21. The van der Waals surface area contributed by atoms with Gasteiger partial charge in [-0.05, 0) is 68.8 Å². The van der Waals surface area contributed by atoms with Crippen LogP contribution >= 0.6 is 0 Å². The molecule has 0 bridgehead atoms. The number of rotatable bonds is 6. The van der Waals surface area contributed by atoms with Crippen molar-refractivity contribution < 1.29 is 17.9 Å². The number of sulfonamides is 1. The first-order valence-corrected chi connectivity index (χ1v) is 8.74. The van der Waals surface area contributed by atoms with Gasteiger partial charge in [-0.15, -0.1) is 0 Å². The van der Waals surface area contributed by atoms with E-state index >= 15 is 0 Å². The summed E-state index contributed by atoms with van der Waals surface area (Å²) in [6.45, 7) is 5.68. The van der Waals surface area contributed by atoms with Gasteiger partial charge in [-0.2, -0.15) is 0 Å². The summed E-state index contributed by atoms with van der Waals surface area (Å²) in [6, 6.07) is 11.5. The molecule has 2 aromatic rings. The SMILES string of the molecule is COc1ccc(NS(=O)(=O)c2ccc(OC(C)C)c(C)c2)cc1. The normalized spacial score (nSPS) is 11.3. The fourth-order valence-electron chi connectivity index (χ4n) is 2.05. The molecule has 0 fully saturated rings. The fraction of sp³-hybridized carbons (Fsp3) is 0.294. The largest absolute Gasteiger partial charge is 0.497 e. The van der Waals surface area contributed by atoms with Gasteiger partial charge < -0.3 is 9.47 Å². The highest BCUT2D eigenvalue weighted by Gasteiger charge is 2.16. The Bertz CT molecular complexity index is 768.